The third-order valence-corrected chi connectivity index (χ3v) is 2.79. The minimum absolute atomic E-state index is 0.111. The average molecular weight is 322 g/mol. The Balaban J connectivity index is 2.78. The van der Waals surface area contributed by atoms with Crippen molar-refractivity contribution in [1.29, 1.82) is 0 Å². The first-order chi connectivity index (χ1) is 7.04. The molecule has 82 valence electrons. The Hall–Kier alpha value is -0.690. The average Bonchev–Trinajstić information content (AvgIpc) is 2.21. The molecule has 0 radical (unpaired) electrons. The van der Waals surface area contributed by atoms with E-state index in [1.807, 2.05) is 22.6 Å². The van der Waals surface area contributed by atoms with Crippen LogP contribution >= 0.6 is 22.6 Å². The molecule has 0 aliphatic carbocycles. The Morgan fingerprint density at radius 3 is 2.87 bits per heavy atom. The van der Waals surface area contributed by atoms with Crippen molar-refractivity contribution >= 4 is 28.5 Å². The van der Waals surface area contributed by atoms with Gasteiger partial charge in [-0.15, -0.1) is 0 Å². The summed E-state index contributed by atoms with van der Waals surface area (Å²) in [5.41, 5.74) is 5.68. The van der Waals surface area contributed by atoms with Crippen LogP contribution < -0.4 is 11.1 Å². The van der Waals surface area contributed by atoms with Crippen LogP contribution in [-0.2, 0) is 0 Å². The minimum atomic E-state index is -0.386. The molecular weight excluding hydrogens is 310 g/mol. The van der Waals surface area contributed by atoms with Gasteiger partial charge in [0.1, 0.15) is 5.82 Å². The molecule has 1 aromatic rings. The Kier molecular flexibility index (Phi) is 4.46. The van der Waals surface area contributed by atoms with Crippen LogP contribution in [0, 0.1) is 9.39 Å². The van der Waals surface area contributed by atoms with Gasteiger partial charge in [-0.25, -0.2) is 4.39 Å². The summed E-state index contributed by atoms with van der Waals surface area (Å²) >= 11 is 1.87. The summed E-state index contributed by atoms with van der Waals surface area (Å²) in [6.07, 6.45) is 0. The fraction of sp³-hybridized carbons (Fsp3) is 0.300. The van der Waals surface area contributed by atoms with Crippen molar-refractivity contribution in [2.45, 2.75) is 13.0 Å². The molecule has 0 aliphatic rings. The highest BCUT2D eigenvalue weighted by Crippen LogP contribution is 2.12. The normalized spacial score (nSPS) is 12.3. The molecular formula is C10H12FIN2O. The zero-order chi connectivity index (χ0) is 11.4. The van der Waals surface area contributed by atoms with Crippen molar-refractivity contribution in [3.63, 3.8) is 0 Å². The number of rotatable bonds is 3. The lowest BCUT2D eigenvalue weighted by atomic mass is 10.2. The third-order valence-electron chi connectivity index (χ3n) is 1.91. The van der Waals surface area contributed by atoms with E-state index in [9.17, 15) is 9.18 Å². The first kappa shape index (κ1) is 12.4. The first-order valence-corrected chi connectivity index (χ1v) is 5.58. The van der Waals surface area contributed by atoms with Gasteiger partial charge >= 0.3 is 0 Å². The van der Waals surface area contributed by atoms with Crippen molar-refractivity contribution < 1.29 is 9.18 Å². The fourth-order valence-electron chi connectivity index (χ4n) is 1.00. The van der Waals surface area contributed by atoms with E-state index in [2.05, 4.69) is 5.32 Å². The molecule has 1 amide bonds. The van der Waals surface area contributed by atoms with Crippen molar-refractivity contribution in [2.24, 2.45) is 5.73 Å². The highest BCUT2D eigenvalue weighted by molar-refractivity contribution is 14.1. The van der Waals surface area contributed by atoms with E-state index < -0.39 is 0 Å². The monoisotopic (exact) mass is 322 g/mol. The molecule has 1 rings (SSSR count). The summed E-state index contributed by atoms with van der Waals surface area (Å²) in [4.78, 5) is 11.5. The van der Waals surface area contributed by atoms with Gasteiger partial charge in [0.2, 0.25) is 0 Å². The SMILES string of the molecule is C[C@@H](CN)NC(=O)c1ccc(I)c(F)c1. The summed E-state index contributed by atoms with van der Waals surface area (Å²) in [6, 6.07) is 4.27. The lowest BCUT2D eigenvalue weighted by molar-refractivity contribution is 0.0941. The summed E-state index contributed by atoms with van der Waals surface area (Å²) in [6.45, 7) is 2.15. The lowest BCUT2D eigenvalue weighted by Crippen LogP contribution is -2.37. The van der Waals surface area contributed by atoms with Crippen LogP contribution in [0.4, 0.5) is 4.39 Å². The second-order valence-corrected chi connectivity index (χ2v) is 4.40. The largest absolute Gasteiger partial charge is 0.348 e. The number of nitrogens with two attached hydrogens (primary N) is 1. The van der Waals surface area contributed by atoms with E-state index in [0.29, 0.717) is 15.7 Å². The molecule has 0 bridgehead atoms. The molecule has 0 heterocycles. The van der Waals surface area contributed by atoms with Gasteiger partial charge < -0.3 is 11.1 Å². The van der Waals surface area contributed by atoms with Crippen LogP contribution in [0.15, 0.2) is 18.2 Å². The number of carbonyl (C=O) groups is 1. The maximum atomic E-state index is 13.1. The van der Waals surface area contributed by atoms with Crippen LogP contribution in [0.5, 0.6) is 0 Å². The van der Waals surface area contributed by atoms with E-state index in [1.165, 1.54) is 6.07 Å². The maximum Gasteiger partial charge on any atom is 0.251 e. The van der Waals surface area contributed by atoms with Crippen LogP contribution in [0.2, 0.25) is 0 Å². The van der Waals surface area contributed by atoms with Crippen LogP contribution in [0.3, 0.4) is 0 Å². The second kappa shape index (κ2) is 5.41. The highest BCUT2D eigenvalue weighted by atomic mass is 127. The highest BCUT2D eigenvalue weighted by Gasteiger charge is 2.10. The number of carbonyl (C=O) groups excluding carboxylic acids is 1. The zero-order valence-corrected chi connectivity index (χ0v) is 10.4. The molecule has 0 saturated carbocycles. The molecule has 0 aromatic heterocycles. The van der Waals surface area contributed by atoms with Gasteiger partial charge in [0.15, 0.2) is 0 Å². The second-order valence-electron chi connectivity index (χ2n) is 3.24. The first-order valence-electron chi connectivity index (χ1n) is 4.50. The van der Waals surface area contributed by atoms with Gasteiger partial charge in [-0.2, -0.15) is 0 Å². The summed E-state index contributed by atoms with van der Waals surface area (Å²) in [5, 5.41) is 2.66. The number of nitrogens with one attached hydrogen (secondary N) is 1. The van der Waals surface area contributed by atoms with Gasteiger partial charge in [-0.05, 0) is 47.7 Å². The predicted molar refractivity (Wildman–Crippen MR) is 65.1 cm³/mol. The zero-order valence-electron chi connectivity index (χ0n) is 8.26. The summed E-state index contributed by atoms with van der Waals surface area (Å²) in [5.74, 6) is -0.688. The lowest BCUT2D eigenvalue weighted by Gasteiger charge is -2.11. The molecule has 1 atom stereocenters. The molecule has 15 heavy (non-hydrogen) atoms. The van der Waals surface area contributed by atoms with Crippen LogP contribution in [-0.4, -0.2) is 18.5 Å². The molecule has 0 spiro atoms. The topological polar surface area (TPSA) is 55.1 Å². The van der Waals surface area contributed by atoms with Crippen molar-refractivity contribution in [2.75, 3.05) is 6.54 Å². The molecule has 0 fully saturated rings. The number of halogens is 2. The van der Waals surface area contributed by atoms with Crippen LogP contribution in [0.25, 0.3) is 0 Å². The molecule has 3 N–H and O–H groups in total. The van der Waals surface area contributed by atoms with Gasteiger partial charge in [0.05, 0.1) is 0 Å². The molecule has 0 aliphatic heterocycles. The molecule has 0 saturated heterocycles. The van der Waals surface area contributed by atoms with Crippen molar-refractivity contribution in [3.8, 4) is 0 Å². The maximum absolute atomic E-state index is 13.1. The Morgan fingerprint density at radius 1 is 1.67 bits per heavy atom. The molecule has 1 aromatic carbocycles. The number of amides is 1. The van der Waals surface area contributed by atoms with Crippen LogP contribution in [0.1, 0.15) is 17.3 Å². The predicted octanol–water partition coefficient (Wildman–Crippen LogP) is 1.51. The van der Waals surface area contributed by atoms with E-state index in [1.54, 1.807) is 19.1 Å². The number of hydrogen-bond acceptors (Lipinski definition) is 2. The Labute approximate surface area is 101 Å². The molecule has 5 heteroatoms. The Bertz CT molecular complexity index is 370. The molecule has 0 unspecified atom stereocenters. The minimum Gasteiger partial charge on any atom is -0.348 e. The summed E-state index contributed by atoms with van der Waals surface area (Å²) < 4.78 is 13.6. The van der Waals surface area contributed by atoms with Crippen molar-refractivity contribution in [1.82, 2.24) is 5.32 Å². The summed E-state index contributed by atoms with van der Waals surface area (Å²) in [7, 11) is 0. The Morgan fingerprint density at radius 2 is 2.33 bits per heavy atom. The smallest absolute Gasteiger partial charge is 0.251 e. The van der Waals surface area contributed by atoms with Gasteiger partial charge in [0, 0.05) is 21.7 Å². The van der Waals surface area contributed by atoms with Crippen molar-refractivity contribution in [3.05, 3.63) is 33.1 Å². The van der Waals surface area contributed by atoms with Gasteiger partial charge in [0.25, 0.3) is 5.91 Å². The quantitative estimate of drug-likeness (QED) is 0.829. The molecule has 3 nitrogen and oxygen atoms in total. The van der Waals surface area contributed by atoms with E-state index in [4.69, 9.17) is 5.73 Å². The third kappa shape index (κ3) is 3.42. The number of benzene rings is 1. The van der Waals surface area contributed by atoms with Gasteiger partial charge in [-0.3, -0.25) is 4.79 Å². The fourth-order valence-corrected chi connectivity index (χ4v) is 1.34. The number of hydrogen-bond donors (Lipinski definition) is 2. The van der Waals surface area contributed by atoms with E-state index >= 15 is 0 Å². The standard InChI is InChI=1S/C10H12FIN2O/c1-6(5-13)14-10(15)7-2-3-9(12)8(11)4-7/h2-4,6H,5,13H2,1H3,(H,14,15)/t6-/m0/s1. The van der Waals surface area contributed by atoms with E-state index in [-0.39, 0.29) is 17.8 Å². The van der Waals surface area contributed by atoms with Gasteiger partial charge in [-0.1, -0.05) is 0 Å². The van der Waals surface area contributed by atoms with E-state index in [0.717, 1.165) is 0 Å².